The smallest absolute Gasteiger partial charge is 0.118 e. The van der Waals surface area contributed by atoms with Crippen molar-refractivity contribution >= 4 is 0 Å². The maximum Gasteiger partial charge on any atom is 0.118 e. The van der Waals surface area contributed by atoms with Gasteiger partial charge in [0, 0.05) is 12.8 Å². The second-order valence-electron chi connectivity index (χ2n) is 6.07. The van der Waals surface area contributed by atoms with E-state index in [0.29, 0.717) is 12.8 Å². The molecular weight excluding hydrogens is 326 g/mol. The number of benzene rings is 2. The van der Waals surface area contributed by atoms with Crippen LogP contribution in [-0.4, -0.2) is 14.2 Å². The van der Waals surface area contributed by atoms with Gasteiger partial charge in [-0.25, -0.2) is 0 Å². The third-order valence-electron chi connectivity index (χ3n) is 4.22. The molecule has 0 fully saturated rings. The molecule has 1 aliphatic rings. The number of methoxy groups -OCH3 is 2. The Balaban J connectivity index is 1.70. The Morgan fingerprint density at radius 3 is 1.58 bits per heavy atom. The van der Waals surface area contributed by atoms with E-state index in [9.17, 15) is 5.26 Å². The Bertz CT molecular complexity index is 777. The van der Waals surface area contributed by atoms with Crippen molar-refractivity contribution in [1.82, 2.24) is 0 Å². The van der Waals surface area contributed by atoms with Crippen LogP contribution in [0.4, 0.5) is 0 Å². The fourth-order valence-corrected chi connectivity index (χ4v) is 2.84. The maximum absolute atomic E-state index is 9.37. The predicted molar refractivity (Wildman–Crippen MR) is 99.8 cm³/mol. The summed E-state index contributed by atoms with van der Waals surface area (Å²) in [6.07, 6.45) is 5.04. The van der Waals surface area contributed by atoms with Gasteiger partial charge in [-0.1, -0.05) is 24.3 Å². The van der Waals surface area contributed by atoms with Crippen LogP contribution >= 0.6 is 0 Å². The van der Waals surface area contributed by atoms with Gasteiger partial charge in [-0.05, 0) is 47.5 Å². The second-order valence-corrected chi connectivity index (χ2v) is 6.07. The van der Waals surface area contributed by atoms with Crippen LogP contribution in [0.2, 0.25) is 0 Å². The van der Waals surface area contributed by atoms with E-state index in [4.69, 9.17) is 14.2 Å². The molecule has 0 aromatic heterocycles. The zero-order valence-corrected chi connectivity index (χ0v) is 14.9. The number of hydrogen-bond donors (Lipinski definition) is 0. The maximum atomic E-state index is 9.37. The van der Waals surface area contributed by atoms with E-state index in [2.05, 4.69) is 6.07 Å². The number of rotatable bonds is 6. The number of allylic oxidation sites excluding steroid dienone is 4. The van der Waals surface area contributed by atoms with Crippen molar-refractivity contribution < 1.29 is 14.2 Å². The highest BCUT2D eigenvalue weighted by molar-refractivity contribution is 5.33. The minimum atomic E-state index is -0.273. The van der Waals surface area contributed by atoms with Crippen LogP contribution in [-0.2, 0) is 17.6 Å². The Kier molecular flexibility index (Phi) is 5.60. The third kappa shape index (κ3) is 4.46. The summed E-state index contributed by atoms with van der Waals surface area (Å²) >= 11 is 0. The molecule has 0 aliphatic carbocycles. The lowest BCUT2D eigenvalue weighted by atomic mass is 10.0. The van der Waals surface area contributed by atoms with Gasteiger partial charge < -0.3 is 14.2 Å². The standard InChI is InChI=1S/C22H21NO3/c1-24-19-7-3-16(4-8-19)11-21-13-18(15-23)14-22(26-21)12-17-5-9-20(25-2)10-6-17/h3-10,13-14,18H,11-12H2,1-2H3. The molecule has 2 aromatic carbocycles. The summed E-state index contributed by atoms with van der Waals surface area (Å²) in [5.74, 6) is 2.97. The lowest BCUT2D eigenvalue weighted by Crippen LogP contribution is -2.09. The molecule has 0 bridgehead atoms. The third-order valence-corrected chi connectivity index (χ3v) is 4.22. The van der Waals surface area contributed by atoms with Crippen molar-refractivity contribution in [3.8, 4) is 17.6 Å². The summed E-state index contributed by atoms with van der Waals surface area (Å²) < 4.78 is 16.4. The normalized spacial score (nSPS) is 13.9. The highest BCUT2D eigenvalue weighted by Crippen LogP contribution is 2.26. The fraction of sp³-hybridized carbons (Fsp3) is 0.227. The molecule has 3 rings (SSSR count). The molecule has 0 saturated carbocycles. The molecule has 26 heavy (non-hydrogen) atoms. The molecule has 0 atom stereocenters. The number of nitriles is 1. The Morgan fingerprint density at radius 1 is 0.808 bits per heavy atom. The van der Waals surface area contributed by atoms with E-state index < -0.39 is 0 Å². The van der Waals surface area contributed by atoms with Gasteiger partial charge in [0.05, 0.1) is 26.2 Å². The van der Waals surface area contributed by atoms with Crippen LogP contribution in [0.15, 0.2) is 72.2 Å². The summed E-state index contributed by atoms with van der Waals surface area (Å²) in [5, 5.41) is 9.37. The van der Waals surface area contributed by atoms with E-state index in [0.717, 1.165) is 34.1 Å². The zero-order chi connectivity index (χ0) is 18.4. The SMILES string of the molecule is COc1ccc(CC2=CC(C#N)C=C(Cc3ccc(OC)cc3)O2)cc1. The minimum Gasteiger partial charge on any atom is -0.497 e. The summed E-state index contributed by atoms with van der Waals surface area (Å²) in [5.41, 5.74) is 2.22. The molecule has 2 aromatic rings. The number of nitrogens with zero attached hydrogens (tertiary/aromatic N) is 1. The van der Waals surface area contributed by atoms with Gasteiger partial charge in [-0.15, -0.1) is 0 Å². The lowest BCUT2D eigenvalue weighted by Gasteiger charge is -2.19. The largest absolute Gasteiger partial charge is 0.497 e. The minimum absolute atomic E-state index is 0.273. The van der Waals surface area contributed by atoms with E-state index >= 15 is 0 Å². The van der Waals surface area contributed by atoms with Crippen molar-refractivity contribution in [3.05, 3.63) is 83.3 Å². The topological polar surface area (TPSA) is 51.5 Å². The van der Waals surface area contributed by atoms with E-state index in [1.54, 1.807) is 14.2 Å². The van der Waals surface area contributed by atoms with E-state index in [-0.39, 0.29) is 5.92 Å². The fourth-order valence-electron chi connectivity index (χ4n) is 2.84. The molecule has 0 N–H and O–H groups in total. The summed E-state index contributed by atoms with van der Waals surface area (Å²) in [6, 6.07) is 18.0. The first kappa shape index (κ1) is 17.6. The van der Waals surface area contributed by atoms with Crippen molar-refractivity contribution in [1.29, 1.82) is 5.26 Å². The molecule has 4 nitrogen and oxygen atoms in total. The summed E-state index contributed by atoms with van der Waals surface area (Å²) in [4.78, 5) is 0. The van der Waals surface area contributed by atoms with Gasteiger partial charge >= 0.3 is 0 Å². The number of hydrogen-bond acceptors (Lipinski definition) is 4. The summed E-state index contributed by atoms with van der Waals surface area (Å²) in [7, 11) is 3.30. The monoisotopic (exact) mass is 347 g/mol. The first-order valence-electron chi connectivity index (χ1n) is 8.45. The lowest BCUT2D eigenvalue weighted by molar-refractivity contribution is 0.275. The second kappa shape index (κ2) is 8.26. The van der Waals surface area contributed by atoms with Crippen molar-refractivity contribution in [2.45, 2.75) is 12.8 Å². The molecular formula is C22H21NO3. The van der Waals surface area contributed by atoms with E-state index in [1.165, 1.54) is 0 Å². The van der Waals surface area contributed by atoms with Crippen molar-refractivity contribution in [2.75, 3.05) is 14.2 Å². The highest BCUT2D eigenvalue weighted by atomic mass is 16.5. The molecule has 0 unspecified atom stereocenters. The molecule has 0 radical (unpaired) electrons. The van der Waals surface area contributed by atoms with E-state index in [1.807, 2.05) is 60.7 Å². The molecule has 132 valence electrons. The average molecular weight is 347 g/mol. The van der Waals surface area contributed by atoms with Gasteiger partial charge in [-0.3, -0.25) is 0 Å². The molecule has 4 heteroatoms. The molecule has 1 heterocycles. The Labute approximate surface area is 153 Å². The first-order valence-corrected chi connectivity index (χ1v) is 8.45. The zero-order valence-electron chi connectivity index (χ0n) is 14.9. The van der Waals surface area contributed by atoms with Gasteiger partial charge in [0.25, 0.3) is 0 Å². The van der Waals surface area contributed by atoms with Gasteiger partial charge in [0.1, 0.15) is 23.0 Å². The van der Waals surface area contributed by atoms with Crippen LogP contribution in [0.5, 0.6) is 11.5 Å². The Hall–Kier alpha value is -3.19. The summed E-state index contributed by atoms with van der Waals surface area (Å²) in [6.45, 7) is 0. The van der Waals surface area contributed by atoms with Gasteiger partial charge in [0.2, 0.25) is 0 Å². The number of ether oxygens (including phenoxy) is 3. The molecule has 0 amide bonds. The van der Waals surface area contributed by atoms with Crippen LogP contribution in [0.25, 0.3) is 0 Å². The quantitative estimate of drug-likeness (QED) is 0.776. The first-order chi connectivity index (χ1) is 12.7. The van der Waals surface area contributed by atoms with Crippen LogP contribution in [0.1, 0.15) is 11.1 Å². The van der Waals surface area contributed by atoms with Crippen molar-refractivity contribution in [3.63, 3.8) is 0 Å². The molecule has 1 aliphatic heterocycles. The Morgan fingerprint density at radius 2 is 1.23 bits per heavy atom. The highest BCUT2D eigenvalue weighted by Gasteiger charge is 2.16. The van der Waals surface area contributed by atoms with Crippen LogP contribution in [0, 0.1) is 17.2 Å². The average Bonchev–Trinajstić information content (AvgIpc) is 2.69. The predicted octanol–water partition coefficient (Wildman–Crippen LogP) is 4.43. The molecule has 0 spiro atoms. The van der Waals surface area contributed by atoms with Crippen molar-refractivity contribution in [2.24, 2.45) is 5.92 Å². The van der Waals surface area contributed by atoms with Crippen LogP contribution in [0.3, 0.4) is 0 Å². The van der Waals surface area contributed by atoms with Crippen LogP contribution < -0.4 is 9.47 Å². The molecule has 0 saturated heterocycles. The van der Waals surface area contributed by atoms with Gasteiger partial charge in [0.15, 0.2) is 0 Å². The van der Waals surface area contributed by atoms with Gasteiger partial charge in [-0.2, -0.15) is 5.26 Å².